The van der Waals surface area contributed by atoms with E-state index in [9.17, 15) is 0 Å². The lowest BCUT2D eigenvalue weighted by atomic mass is 10.1. The van der Waals surface area contributed by atoms with E-state index in [4.69, 9.17) is 0 Å². The van der Waals surface area contributed by atoms with Crippen LogP contribution in [0.25, 0.3) is 0 Å². The van der Waals surface area contributed by atoms with E-state index in [2.05, 4.69) is 47.3 Å². The Hall–Kier alpha value is -0.150. The van der Waals surface area contributed by atoms with Crippen molar-refractivity contribution in [1.29, 1.82) is 0 Å². The molecule has 0 unspecified atom stereocenters. The predicted molar refractivity (Wildman–Crippen MR) is 56.2 cm³/mol. The highest BCUT2D eigenvalue weighted by Crippen LogP contribution is 2.24. The molecule has 0 amide bonds. The molecule has 0 radical (unpaired) electrons. The minimum absolute atomic E-state index is 1.03. The predicted octanol–water partition coefficient (Wildman–Crippen LogP) is 3.32. The van der Waals surface area contributed by atoms with Crippen molar-refractivity contribution in [3.8, 4) is 0 Å². The maximum Gasteiger partial charge on any atom is 0.0443 e. The van der Waals surface area contributed by atoms with Crippen LogP contribution in [0.2, 0.25) is 0 Å². The Balaban J connectivity index is 3.21. The number of nitrogens with one attached hydrogen (secondary N) is 1. The molecular formula is C8H10BrNS. The largest absolute Gasteiger partial charge is 0.332 e. The van der Waals surface area contributed by atoms with Gasteiger partial charge in [-0.05, 0) is 37.1 Å². The number of hydrogen-bond acceptors (Lipinski definition) is 2. The summed E-state index contributed by atoms with van der Waals surface area (Å²) in [5, 5.41) is 0. The van der Waals surface area contributed by atoms with Crippen molar-refractivity contribution in [3.63, 3.8) is 0 Å². The van der Waals surface area contributed by atoms with Crippen LogP contribution in [0.5, 0.6) is 0 Å². The lowest BCUT2D eigenvalue weighted by Gasteiger charge is -2.05. The van der Waals surface area contributed by atoms with Gasteiger partial charge in [-0.15, -0.1) is 0 Å². The van der Waals surface area contributed by atoms with Crippen molar-refractivity contribution in [2.24, 2.45) is 0 Å². The van der Waals surface area contributed by atoms with E-state index in [0.717, 1.165) is 5.69 Å². The quantitative estimate of drug-likeness (QED) is 0.708. The standard InChI is InChI=1S/C8H10BrNS/c1-5-3-7(10-11)4-6(2)8(5)9/h3-4,10-11H,1-2H3. The zero-order valence-corrected chi connectivity index (χ0v) is 8.96. The highest BCUT2D eigenvalue weighted by Gasteiger charge is 1.99. The molecule has 0 aliphatic carbocycles. The maximum atomic E-state index is 3.97. The first-order valence-corrected chi connectivity index (χ1v) is 4.56. The Morgan fingerprint density at radius 3 is 2.09 bits per heavy atom. The average Bonchev–Trinajstić information content (AvgIpc) is 1.99. The number of rotatable bonds is 1. The van der Waals surface area contributed by atoms with Gasteiger partial charge in [0.05, 0.1) is 0 Å². The van der Waals surface area contributed by atoms with Gasteiger partial charge in [0.15, 0.2) is 0 Å². The SMILES string of the molecule is Cc1cc(NS)cc(C)c1Br. The summed E-state index contributed by atoms with van der Waals surface area (Å²) in [5.41, 5.74) is 3.48. The Morgan fingerprint density at radius 1 is 1.27 bits per heavy atom. The number of benzene rings is 1. The molecule has 0 heterocycles. The summed E-state index contributed by atoms with van der Waals surface area (Å²) in [6, 6.07) is 4.09. The van der Waals surface area contributed by atoms with Crippen molar-refractivity contribution in [2.75, 3.05) is 4.72 Å². The maximum absolute atomic E-state index is 3.97. The second kappa shape index (κ2) is 3.50. The molecule has 0 aliphatic rings. The first-order valence-electron chi connectivity index (χ1n) is 3.32. The third-order valence-electron chi connectivity index (χ3n) is 1.57. The molecule has 1 N–H and O–H groups in total. The van der Waals surface area contributed by atoms with E-state index in [1.807, 2.05) is 12.1 Å². The molecule has 0 saturated carbocycles. The highest BCUT2D eigenvalue weighted by atomic mass is 79.9. The van der Waals surface area contributed by atoms with Crippen LogP contribution >= 0.6 is 28.7 Å². The van der Waals surface area contributed by atoms with Crippen molar-refractivity contribution in [3.05, 3.63) is 27.7 Å². The summed E-state index contributed by atoms with van der Waals surface area (Å²) in [7, 11) is 0. The number of anilines is 1. The van der Waals surface area contributed by atoms with Gasteiger partial charge in [-0.3, -0.25) is 0 Å². The second-order valence-electron chi connectivity index (χ2n) is 2.54. The molecule has 3 heteroatoms. The molecule has 60 valence electrons. The van der Waals surface area contributed by atoms with Gasteiger partial charge in [0.2, 0.25) is 0 Å². The van der Waals surface area contributed by atoms with Crippen LogP contribution in [-0.4, -0.2) is 0 Å². The number of halogens is 1. The molecule has 11 heavy (non-hydrogen) atoms. The summed E-state index contributed by atoms with van der Waals surface area (Å²) in [6.45, 7) is 4.12. The minimum atomic E-state index is 1.03. The Labute approximate surface area is 80.9 Å². The van der Waals surface area contributed by atoms with E-state index < -0.39 is 0 Å². The molecule has 0 atom stereocenters. The topological polar surface area (TPSA) is 12.0 Å². The molecule has 1 aromatic carbocycles. The second-order valence-corrected chi connectivity index (χ2v) is 3.55. The number of thiol groups is 1. The minimum Gasteiger partial charge on any atom is -0.332 e. The van der Waals surface area contributed by atoms with Gasteiger partial charge in [0.1, 0.15) is 0 Å². The van der Waals surface area contributed by atoms with Crippen LogP contribution in [0, 0.1) is 13.8 Å². The summed E-state index contributed by atoms with van der Waals surface area (Å²) >= 11 is 7.46. The summed E-state index contributed by atoms with van der Waals surface area (Å²) in [5.74, 6) is 0. The smallest absolute Gasteiger partial charge is 0.0443 e. The Bertz CT molecular complexity index is 250. The van der Waals surface area contributed by atoms with Gasteiger partial charge in [-0.2, -0.15) is 0 Å². The van der Waals surface area contributed by atoms with E-state index in [0.29, 0.717) is 0 Å². The first-order chi connectivity index (χ1) is 5.15. The van der Waals surface area contributed by atoms with Crippen molar-refractivity contribution < 1.29 is 0 Å². The fourth-order valence-corrected chi connectivity index (χ4v) is 1.37. The molecular weight excluding hydrogens is 222 g/mol. The molecule has 1 nitrogen and oxygen atoms in total. The first kappa shape index (κ1) is 8.94. The Kier molecular flexibility index (Phi) is 2.84. The average molecular weight is 232 g/mol. The van der Waals surface area contributed by atoms with Gasteiger partial charge in [-0.25, -0.2) is 0 Å². The van der Waals surface area contributed by atoms with Crippen LogP contribution in [-0.2, 0) is 0 Å². The lowest BCUT2D eigenvalue weighted by Crippen LogP contribution is -1.86. The highest BCUT2D eigenvalue weighted by molar-refractivity contribution is 9.10. The molecule has 0 aromatic heterocycles. The van der Waals surface area contributed by atoms with Crippen molar-refractivity contribution in [1.82, 2.24) is 0 Å². The van der Waals surface area contributed by atoms with Gasteiger partial charge in [0.25, 0.3) is 0 Å². The molecule has 0 aliphatic heterocycles. The van der Waals surface area contributed by atoms with E-state index in [-0.39, 0.29) is 0 Å². The van der Waals surface area contributed by atoms with Crippen molar-refractivity contribution in [2.45, 2.75) is 13.8 Å². The molecule has 1 rings (SSSR count). The van der Waals surface area contributed by atoms with Crippen LogP contribution < -0.4 is 4.72 Å². The summed E-state index contributed by atoms with van der Waals surface area (Å²) in [4.78, 5) is 0. The van der Waals surface area contributed by atoms with Crippen LogP contribution in [0.15, 0.2) is 16.6 Å². The van der Waals surface area contributed by atoms with E-state index >= 15 is 0 Å². The third-order valence-corrected chi connectivity index (χ3v) is 3.07. The van der Waals surface area contributed by atoms with Crippen LogP contribution in [0.4, 0.5) is 5.69 Å². The fraction of sp³-hybridized carbons (Fsp3) is 0.250. The molecule has 0 fully saturated rings. The van der Waals surface area contributed by atoms with Gasteiger partial charge < -0.3 is 4.72 Å². The molecule has 0 saturated heterocycles. The Morgan fingerprint density at radius 2 is 1.73 bits per heavy atom. The van der Waals surface area contributed by atoms with Gasteiger partial charge in [0, 0.05) is 10.2 Å². The lowest BCUT2D eigenvalue weighted by molar-refractivity contribution is 1.34. The number of aryl methyl sites for hydroxylation is 2. The zero-order valence-electron chi connectivity index (χ0n) is 6.48. The van der Waals surface area contributed by atoms with E-state index in [1.54, 1.807) is 0 Å². The van der Waals surface area contributed by atoms with Crippen LogP contribution in [0.1, 0.15) is 11.1 Å². The van der Waals surface area contributed by atoms with Crippen molar-refractivity contribution >= 4 is 34.4 Å². The van der Waals surface area contributed by atoms with Gasteiger partial charge >= 0.3 is 0 Å². The van der Waals surface area contributed by atoms with Gasteiger partial charge in [-0.1, -0.05) is 28.7 Å². The molecule has 0 spiro atoms. The summed E-state index contributed by atoms with van der Waals surface area (Å²) in [6.07, 6.45) is 0. The zero-order chi connectivity index (χ0) is 8.43. The van der Waals surface area contributed by atoms with Crippen LogP contribution in [0.3, 0.4) is 0 Å². The number of hydrogen-bond donors (Lipinski definition) is 2. The van der Waals surface area contributed by atoms with E-state index in [1.165, 1.54) is 15.6 Å². The monoisotopic (exact) mass is 231 g/mol. The fourth-order valence-electron chi connectivity index (χ4n) is 1.01. The third kappa shape index (κ3) is 1.91. The normalized spacial score (nSPS) is 9.82. The summed E-state index contributed by atoms with van der Waals surface area (Å²) < 4.78 is 3.98. The molecule has 0 bridgehead atoms. The molecule has 1 aromatic rings.